The largest absolute Gasteiger partial charge is 0.384 e. The summed E-state index contributed by atoms with van der Waals surface area (Å²) >= 11 is 0. The predicted octanol–water partition coefficient (Wildman–Crippen LogP) is 1.14. The quantitative estimate of drug-likeness (QED) is 0.743. The van der Waals surface area contributed by atoms with Crippen LogP contribution in [0.1, 0.15) is 0 Å². The molecule has 14 heavy (non-hydrogen) atoms. The van der Waals surface area contributed by atoms with Gasteiger partial charge in [0, 0.05) is 31.1 Å². The highest BCUT2D eigenvalue weighted by Crippen LogP contribution is 2.15. The monoisotopic (exact) mass is 189 g/mol. The lowest BCUT2D eigenvalue weighted by molar-refractivity contribution is 0.776. The normalized spacial score (nSPS) is 10.1. The van der Waals surface area contributed by atoms with Crippen LogP contribution in [0.15, 0.2) is 30.6 Å². The summed E-state index contributed by atoms with van der Waals surface area (Å²) in [5.74, 6) is 1.41. The molecule has 72 valence electrons. The molecule has 0 unspecified atom stereocenters. The van der Waals surface area contributed by atoms with Crippen molar-refractivity contribution in [1.29, 1.82) is 0 Å². The molecule has 2 aromatic heterocycles. The summed E-state index contributed by atoms with van der Waals surface area (Å²) < 4.78 is 1.75. The van der Waals surface area contributed by atoms with Crippen LogP contribution in [0.5, 0.6) is 0 Å². The molecule has 2 aromatic rings. The summed E-state index contributed by atoms with van der Waals surface area (Å²) in [4.78, 5) is 3.91. The van der Waals surface area contributed by atoms with Crippen LogP contribution in [0.25, 0.3) is 0 Å². The van der Waals surface area contributed by atoms with E-state index < -0.39 is 0 Å². The van der Waals surface area contributed by atoms with Gasteiger partial charge in [-0.25, -0.2) is 4.98 Å². The molecule has 0 aliphatic heterocycles. The molecule has 0 spiro atoms. The van der Waals surface area contributed by atoms with E-state index in [1.54, 1.807) is 23.1 Å². The van der Waals surface area contributed by atoms with E-state index in [-0.39, 0.29) is 0 Å². The molecule has 0 aliphatic carbocycles. The van der Waals surface area contributed by atoms with Gasteiger partial charge in [0.1, 0.15) is 11.6 Å². The molecule has 0 atom stereocenters. The van der Waals surface area contributed by atoms with Gasteiger partial charge in [0.25, 0.3) is 0 Å². The van der Waals surface area contributed by atoms with Crippen molar-refractivity contribution in [2.24, 2.45) is 7.05 Å². The van der Waals surface area contributed by atoms with Crippen molar-refractivity contribution >= 4 is 17.3 Å². The summed E-state index contributed by atoms with van der Waals surface area (Å²) in [5.41, 5.74) is 6.46. The number of hydrogen-bond acceptors (Lipinski definition) is 4. The zero-order chi connectivity index (χ0) is 9.97. The molecule has 3 N–H and O–H groups in total. The molecule has 0 aromatic carbocycles. The molecule has 0 bridgehead atoms. The zero-order valence-corrected chi connectivity index (χ0v) is 7.81. The number of nitrogen functional groups attached to an aromatic ring is 1. The van der Waals surface area contributed by atoms with Gasteiger partial charge in [0.05, 0.1) is 6.20 Å². The van der Waals surface area contributed by atoms with E-state index in [9.17, 15) is 0 Å². The maximum atomic E-state index is 5.55. The number of nitrogens with two attached hydrogens (primary N) is 1. The fourth-order valence-corrected chi connectivity index (χ4v) is 1.17. The fraction of sp³-hybridized carbons (Fsp3) is 0.111. The highest BCUT2D eigenvalue weighted by atomic mass is 15.3. The molecule has 2 rings (SSSR count). The first-order valence-electron chi connectivity index (χ1n) is 4.22. The summed E-state index contributed by atoms with van der Waals surface area (Å²) in [6.07, 6.45) is 3.39. The number of pyridine rings is 1. The lowest BCUT2D eigenvalue weighted by atomic mass is 10.4. The van der Waals surface area contributed by atoms with Crippen LogP contribution >= 0.6 is 0 Å². The van der Waals surface area contributed by atoms with E-state index in [0.29, 0.717) is 5.82 Å². The SMILES string of the molecule is Cn1nccc1Nc1ccnc(N)c1. The van der Waals surface area contributed by atoms with Crippen molar-refractivity contribution in [2.75, 3.05) is 11.1 Å². The Morgan fingerprint density at radius 2 is 2.21 bits per heavy atom. The van der Waals surface area contributed by atoms with Crippen LogP contribution in [0.4, 0.5) is 17.3 Å². The van der Waals surface area contributed by atoms with Crippen molar-refractivity contribution in [3.8, 4) is 0 Å². The minimum Gasteiger partial charge on any atom is -0.384 e. The summed E-state index contributed by atoms with van der Waals surface area (Å²) in [6, 6.07) is 5.51. The van der Waals surface area contributed by atoms with Gasteiger partial charge in [-0.2, -0.15) is 5.10 Å². The van der Waals surface area contributed by atoms with Crippen LogP contribution in [0.3, 0.4) is 0 Å². The number of rotatable bonds is 2. The molecule has 0 fully saturated rings. The van der Waals surface area contributed by atoms with Gasteiger partial charge < -0.3 is 11.1 Å². The number of nitrogens with zero attached hydrogens (tertiary/aromatic N) is 3. The Kier molecular flexibility index (Phi) is 2.06. The molecule has 5 heteroatoms. The number of hydrogen-bond donors (Lipinski definition) is 2. The number of nitrogens with one attached hydrogen (secondary N) is 1. The molecule has 5 nitrogen and oxygen atoms in total. The lowest BCUT2D eigenvalue weighted by Gasteiger charge is -2.05. The molecular formula is C9H11N5. The Morgan fingerprint density at radius 3 is 2.86 bits per heavy atom. The maximum Gasteiger partial charge on any atom is 0.128 e. The fourth-order valence-electron chi connectivity index (χ4n) is 1.17. The average Bonchev–Trinajstić information content (AvgIpc) is 2.52. The first-order valence-corrected chi connectivity index (χ1v) is 4.22. The van der Waals surface area contributed by atoms with Crippen molar-refractivity contribution in [3.05, 3.63) is 30.6 Å². The Labute approximate surface area is 81.6 Å². The molecule has 0 amide bonds. The topological polar surface area (TPSA) is 68.8 Å². The minimum atomic E-state index is 0.497. The zero-order valence-electron chi connectivity index (χ0n) is 7.81. The van der Waals surface area contributed by atoms with E-state index >= 15 is 0 Å². The standard InChI is InChI=1S/C9H11N5/c1-14-9(3-5-12-14)13-7-2-4-11-8(10)6-7/h2-6H,1H3,(H3,10,11,13). The number of aryl methyl sites for hydroxylation is 1. The van der Waals surface area contributed by atoms with Gasteiger partial charge in [-0.3, -0.25) is 4.68 Å². The summed E-state index contributed by atoms with van der Waals surface area (Å²) in [5, 5.41) is 7.22. The maximum absolute atomic E-state index is 5.55. The second-order valence-electron chi connectivity index (χ2n) is 2.93. The minimum absolute atomic E-state index is 0.497. The van der Waals surface area contributed by atoms with Crippen LogP contribution in [-0.2, 0) is 7.05 Å². The Bertz CT molecular complexity index is 434. The average molecular weight is 189 g/mol. The van der Waals surface area contributed by atoms with E-state index in [0.717, 1.165) is 11.5 Å². The van der Waals surface area contributed by atoms with Gasteiger partial charge in [0.15, 0.2) is 0 Å². The van der Waals surface area contributed by atoms with E-state index in [1.807, 2.05) is 19.2 Å². The molecule has 2 heterocycles. The summed E-state index contributed by atoms with van der Waals surface area (Å²) in [6.45, 7) is 0. The Balaban J connectivity index is 2.23. The van der Waals surface area contributed by atoms with Gasteiger partial charge in [-0.1, -0.05) is 0 Å². The van der Waals surface area contributed by atoms with Gasteiger partial charge in [-0.15, -0.1) is 0 Å². The van der Waals surface area contributed by atoms with E-state index in [4.69, 9.17) is 5.73 Å². The van der Waals surface area contributed by atoms with Crippen molar-refractivity contribution in [2.45, 2.75) is 0 Å². The van der Waals surface area contributed by atoms with Crippen LogP contribution in [0.2, 0.25) is 0 Å². The molecule has 0 radical (unpaired) electrons. The third kappa shape index (κ3) is 1.66. The highest BCUT2D eigenvalue weighted by molar-refractivity contribution is 5.58. The van der Waals surface area contributed by atoms with Crippen LogP contribution in [0, 0.1) is 0 Å². The summed E-state index contributed by atoms with van der Waals surface area (Å²) in [7, 11) is 1.87. The molecular weight excluding hydrogens is 178 g/mol. The Hall–Kier alpha value is -2.04. The van der Waals surface area contributed by atoms with Gasteiger partial charge in [0.2, 0.25) is 0 Å². The second-order valence-corrected chi connectivity index (χ2v) is 2.93. The van der Waals surface area contributed by atoms with E-state index in [1.165, 1.54) is 0 Å². The molecule has 0 aliphatic rings. The smallest absolute Gasteiger partial charge is 0.128 e. The Morgan fingerprint density at radius 1 is 1.36 bits per heavy atom. The number of aromatic nitrogens is 3. The molecule has 0 saturated carbocycles. The predicted molar refractivity (Wildman–Crippen MR) is 55.1 cm³/mol. The first-order chi connectivity index (χ1) is 6.75. The van der Waals surface area contributed by atoms with Gasteiger partial charge >= 0.3 is 0 Å². The van der Waals surface area contributed by atoms with Crippen molar-refractivity contribution in [3.63, 3.8) is 0 Å². The van der Waals surface area contributed by atoms with Crippen molar-refractivity contribution < 1.29 is 0 Å². The van der Waals surface area contributed by atoms with Crippen molar-refractivity contribution in [1.82, 2.24) is 14.8 Å². The van der Waals surface area contributed by atoms with Gasteiger partial charge in [-0.05, 0) is 6.07 Å². The highest BCUT2D eigenvalue weighted by Gasteiger charge is 1.98. The van der Waals surface area contributed by atoms with Crippen LogP contribution in [-0.4, -0.2) is 14.8 Å². The van der Waals surface area contributed by atoms with Crippen LogP contribution < -0.4 is 11.1 Å². The van der Waals surface area contributed by atoms with E-state index in [2.05, 4.69) is 15.4 Å². The third-order valence-electron chi connectivity index (χ3n) is 1.87. The lowest BCUT2D eigenvalue weighted by Crippen LogP contribution is -1.99. The first kappa shape index (κ1) is 8.55. The number of anilines is 3. The second kappa shape index (κ2) is 3.37. The third-order valence-corrected chi connectivity index (χ3v) is 1.87. The molecule has 0 saturated heterocycles.